The number of aromatic nitrogens is 1. The third-order valence-electron chi connectivity index (χ3n) is 3.53. The van der Waals surface area contributed by atoms with Crippen LogP contribution in [0.15, 0.2) is 22.8 Å². The number of halogens is 1. The second-order valence-electron chi connectivity index (χ2n) is 5.01. The van der Waals surface area contributed by atoms with Crippen LogP contribution >= 0.6 is 15.9 Å². The number of hydrogen-bond donors (Lipinski definition) is 1. The molecule has 2 aliphatic carbocycles. The number of nitrogens with zero attached hydrogens (tertiary/aromatic N) is 1. The molecule has 1 aromatic heterocycles. The molecule has 0 radical (unpaired) electrons. The van der Waals surface area contributed by atoms with E-state index in [2.05, 4.69) is 26.2 Å². The zero-order chi connectivity index (χ0) is 11.8. The summed E-state index contributed by atoms with van der Waals surface area (Å²) in [6.45, 7) is 0. The molecule has 4 heteroatoms. The van der Waals surface area contributed by atoms with Crippen LogP contribution < -0.4 is 5.32 Å². The topological polar surface area (TPSA) is 42.0 Å². The van der Waals surface area contributed by atoms with Crippen LogP contribution in [0.1, 0.15) is 36.2 Å². The van der Waals surface area contributed by atoms with E-state index in [4.69, 9.17) is 0 Å². The lowest BCUT2D eigenvalue weighted by atomic mass is 10.1. The van der Waals surface area contributed by atoms with Gasteiger partial charge < -0.3 is 5.32 Å². The van der Waals surface area contributed by atoms with Crippen molar-refractivity contribution in [2.24, 2.45) is 11.8 Å². The summed E-state index contributed by atoms with van der Waals surface area (Å²) < 4.78 is 0.767. The average Bonchev–Trinajstić information content (AvgIpc) is 3.16. The van der Waals surface area contributed by atoms with Gasteiger partial charge in [0.15, 0.2) is 0 Å². The van der Waals surface area contributed by atoms with E-state index in [1.807, 2.05) is 12.1 Å². The van der Waals surface area contributed by atoms with Crippen molar-refractivity contribution in [2.75, 3.05) is 0 Å². The highest BCUT2D eigenvalue weighted by Crippen LogP contribution is 2.44. The fraction of sp³-hybridized carbons (Fsp3) is 0.538. The van der Waals surface area contributed by atoms with Gasteiger partial charge in [-0.15, -0.1) is 0 Å². The second-order valence-corrected chi connectivity index (χ2v) is 5.86. The minimum atomic E-state index is -0.0405. The van der Waals surface area contributed by atoms with E-state index in [0.29, 0.717) is 23.6 Å². The lowest BCUT2D eigenvalue weighted by molar-refractivity contribution is 0.0920. The van der Waals surface area contributed by atoms with E-state index < -0.39 is 0 Å². The Morgan fingerprint density at radius 1 is 1.35 bits per heavy atom. The molecule has 1 amide bonds. The Morgan fingerprint density at radius 2 is 2.00 bits per heavy atom. The maximum atomic E-state index is 12.1. The normalized spacial score (nSPS) is 19.4. The van der Waals surface area contributed by atoms with Gasteiger partial charge in [0.05, 0.1) is 0 Å². The fourth-order valence-corrected chi connectivity index (χ4v) is 2.74. The summed E-state index contributed by atoms with van der Waals surface area (Å²) >= 11 is 3.37. The molecule has 2 saturated carbocycles. The minimum Gasteiger partial charge on any atom is -0.347 e. The van der Waals surface area contributed by atoms with Gasteiger partial charge in [-0.2, -0.15) is 0 Å². The molecular weight excluding hydrogens is 280 g/mol. The van der Waals surface area contributed by atoms with Gasteiger partial charge in [-0.25, -0.2) is 4.98 Å². The molecule has 1 N–H and O–H groups in total. The van der Waals surface area contributed by atoms with Crippen LogP contribution in [0.25, 0.3) is 0 Å². The Kier molecular flexibility index (Phi) is 2.90. The monoisotopic (exact) mass is 294 g/mol. The first-order chi connectivity index (χ1) is 8.25. The number of hydrogen-bond acceptors (Lipinski definition) is 2. The van der Waals surface area contributed by atoms with Crippen molar-refractivity contribution in [3.05, 3.63) is 28.5 Å². The van der Waals surface area contributed by atoms with Crippen molar-refractivity contribution in [3.8, 4) is 0 Å². The summed E-state index contributed by atoms with van der Waals surface area (Å²) in [4.78, 5) is 16.3. The molecule has 0 saturated heterocycles. The van der Waals surface area contributed by atoms with Crippen LogP contribution in [0.5, 0.6) is 0 Å². The average molecular weight is 295 g/mol. The molecule has 0 aromatic carbocycles. The summed E-state index contributed by atoms with van der Waals surface area (Å²) in [5.41, 5.74) is 0.499. The van der Waals surface area contributed by atoms with Gasteiger partial charge in [0, 0.05) is 16.7 Å². The van der Waals surface area contributed by atoms with Crippen LogP contribution in [0.2, 0.25) is 0 Å². The van der Waals surface area contributed by atoms with E-state index in [0.717, 1.165) is 4.47 Å². The summed E-state index contributed by atoms with van der Waals surface area (Å²) in [6, 6.07) is 4.06. The number of carbonyl (C=O) groups excluding carboxylic acids is 1. The van der Waals surface area contributed by atoms with Crippen molar-refractivity contribution in [1.82, 2.24) is 10.3 Å². The van der Waals surface area contributed by atoms with Crippen LogP contribution in [-0.2, 0) is 0 Å². The lowest BCUT2D eigenvalue weighted by Crippen LogP contribution is -2.38. The first-order valence-corrected chi connectivity index (χ1v) is 6.96. The number of amides is 1. The summed E-state index contributed by atoms with van der Waals surface area (Å²) in [6.07, 6.45) is 6.73. The highest BCUT2D eigenvalue weighted by molar-refractivity contribution is 9.10. The van der Waals surface area contributed by atoms with E-state index in [1.165, 1.54) is 25.7 Å². The van der Waals surface area contributed by atoms with Crippen molar-refractivity contribution >= 4 is 21.8 Å². The van der Waals surface area contributed by atoms with Crippen LogP contribution in [0.4, 0.5) is 0 Å². The van der Waals surface area contributed by atoms with Gasteiger partial charge in [-0.3, -0.25) is 4.79 Å². The number of rotatable bonds is 4. The molecular formula is C13H15BrN2O. The zero-order valence-electron chi connectivity index (χ0n) is 9.53. The van der Waals surface area contributed by atoms with Crippen LogP contribution in [0, 0.1) is 11.8 Å². The summed E-state index contributed by atoms with van der Waals surface area (Å²) in [5.74, 6) is 1.39. The molecule has 0 spiro atoms. The molecule has 1 aromatic rings. The molecule has 2 aliphatic rings. The van der Waals surface area contributed by atoms with Gasteiger partial charge >= 0.3 is 0 Å². The second kappa shape index (κ2) is 4.41. The molecule has 0 atom stereocenters. The number of pyridine rings is 1. The van der Waals surface area contributed by atoms with Crippen molar-refractivity contribution in [3.63, 3.8) is 0 Å². The van der Waals surface area contributed by atoms with E-state index >= 15 is 0 Å². The molecule has 17 heavy (non-hydrogen) atoms. The quantitative estimate of drug-likeness (QED) is 0.928. The maximum absolute atomic E-state index is 12.1. The van der Waals surface area contributed by atoms with Gasteiger partial charge in [0.1, 0.15) is 5.69 Å². The van der Waals surface area contributed by atoms with Crippen LogP contribution in [0.3, 0.4) is 0 Å². The Balaban J connectivity index is 1.71. The highest BCUT2D eigenvalue weighted by atomic mass is 79.9. The van der Waals surface area contributed by atoms with Gasteiger partial charge in [-0.05, 0) is 65.6 Å². The SMILES string of the molecule is O=C(NC(C1CC1)C1CC1)c1ncccc1Br. The molecule has 0 unspecified atom stereocenters. The smallest absolute Gasteiger partial charge is 0.271 e. The van der Waals surface area contributed by atoms with Gasteiger partial charge in [0.2, 0.25) is 0 Å². The molecule has 3 nitrogen and oxygen atoms in total. The predicted octanol–water partition coefficient (Wildman–Crippen LogP) is 2.76. The molecule has 0 aliphatic heterocycles. The minimum absolute atomic E-state index is 0.0405. The van der Waals surface area contributed by atoms with Crippen molar-refractivity contribution in [2.45, 2.75) is 31.7 Å². The standard InChI is InChI=1S/C13H15BrN2O/c14-10-2-1-7-15-12(10)13(17)16-11(8-3-4-8)9-5-6-9/h1-2,7-9,11H,3-6H2,(H,16,17). The predicted molar refractivity (Wildman–Crippen MR) is 68.6 cm³/mol. The lowest BCUT2D eigenvalue weighted by Gasteiger charge is -2.17. The maximum Gasteiger partial charge on any atom is 0.271 e. The third kappa shape index (κ3) is 2.51. The number of carbonyl (C=O) groups is 1. The van der Waals surface area contributed by atoms with E-state index in [-0.39, 0.29) is 5.91 Å². The Hall–Kier alpha value is -0.900. The van der Waals surface area contributed by atoms with Gasteiger partial charge in [-0.1, -0.05) is 0 Å². The van der Waals surface area contributed by atoms with Crippen LogP contribution in [-0.4, -0.2) is 16.9 Å². The molecule has 2 fully saturated rings. The summed E-state index contributed by atoms with van der Waals surface area (Å²) in [7, 11) is 0. The Bertz CT molecular complexity index is 429. The zero-order valence-corrected chi connectivity index (χ0v) is 11.1. The first kappa shape index (κ1) is 11.2. The number of nitrogens with one attached hydrogen (secondary N) is 1. The first-order valence-electron chi connectivity index (χ1n) is 6.17. The molecule has 90 valence electrons. The highest BCUT2D eigenvalue weighted by Gasteiger charge is 2.42. The Morgan fingerprint density at radius 3 is 2.53 bits per heavy atom. The van der Waals surface area contributed by atoms with E-state index in [1.54, 1.807) is 6.20 Å². The van der Waals surface area contributed by atoms with Gasteiger partial charge in [0.25, 0.3) is 5.91 Å². The Labute approximate surface area is 109 Å². The summed E-state index contributed by atoms with van der Waals surface area (Å²) in [5, 5.41) is 3.17. The molecule has 3 rings (SSSR count). The molecule has 1 heterocycles. The van der Waals surface area contributed by atoms with Crippen molar-refractivity contribution < 1.29 is 4.79 Å². The fourth-order valence-electron chi connectivity index (χ4n) is 2.30. The van der Waals surface area contributed by atoms with Crippen molar-refractivity contribution in [1.29, 1.82) is 0 Å². The van der Waals surface area contributed by atoms with E-state index in [9.17, 15) is 4.79 Å². The molecule has 0 bridgehead atoms. The third-order valence-corrected chi connectivity index (χ3v) is 4.17. The largest absolute Gasteiger partial charge is 0.347 e.